The number of nitrogens with one attached hydrogen (secondary N) is 1. The number of fused-ring (bicyclic) bond motifs is 1. The predicted molar refractivity (Wildman–Crippen MR) is 56.8 cm³/mol. The van der Waals surface area contributed by atoms with Gasteiger partial charge in [0.2, 0.25) is 5.91 Å². The molecule has 0 aromatic rings. The van der Waals surface area contributed by atoms with Gasteiger partial charge in [-0.15, -0.1) is 0 Å². The number of rotatable bonds is 1. The number of hydrogen-bond donors (Lipinski definition) is 1. The highest BCUT2D eigenvalue weighted by molar-refractivity contribution is 5.79. The fourth-order valence-electron chi connectivity index (χ4n) is 3.01. The van der Waals surface area contributed by atoms with Crippen LogP contribution in [-0.4, -0.2) is 11.9 Å². The largest absolute Gasteiger partial charge is 0.353 e. The Morgan fingerprint density at radius 2 is 1.93 bits per heavy atom. The predicted octanol–water partition coefficient (Wildman–Crippen LogP) is 2.34. The topological polar surface area (TPSA) is 29.1 Å². The van der Waals surface area contributed by atoms with Crippen LogP contribution < -0.4 is 5.32 Å². The molecule has 0 radical (unpaired) electrons. The van der Waals surface area contributed by atoms with Crippen molar-refractivity contribution in [1.29, 1.82) is 0 Å². The molecule has 2 nitrogen and oxygen atoms in total. The first-order chi connectivity index (χ1) is 6.66. The van der Waals surface area contributed by atoms with Crippen LogP contribution >= 0.6 is 0 Å². The van der Waals surface area contributed by atoms with Gasteiger partial charge in [-0.3, -0.25) is 4.79 Å². The van der Waals surface area contributed by atoms with Gasteiger partial charge in [0.25, 0.3) is 0 Å². The molecule has 0 aromatic heterocycles. The van der Waals surface area contributed by atoms with E-state index in [-0.39, 0.29) is 5.91 Å². The number of amides is 1. The van der Waals surface area contributed by atoms with E-state index in [0.29, 0.717) is 12.0 Å². The SMILES string of the molecule is CC(C)C1CCC2CC(=O)NC2CC1. The lowest BCUT2D eigenvalue weighted by Crippen LogP contribution is -2.28. The van der Waals surface area contributed by atoms with E-state index >= 15 is 0 Å². The molecule has 0 spiro atoms. The molecule has 0 bridgehead atoms. The smallest absolute Gasteiger partial charge is 0.220 e. The van der Waals surface area contributed by atoms with E-state index in [1.165, 1.54) is 25.7 Å². The van der Waals surface area contributed by atoms with Crippen LogP contribution in [-0.2, 0) is 4.79 Å². The van der Waals surface area contributed by atoms with Gasteiger partial charge in [0, 0.05) is 12.5 Å². The van der Waals surface area contributed by atoms with Gasteiger partial charge < -0.3 is 5.32 Å². The minimum Gasteiger partial charge on any atom is -0.353 e. The Morgan fingerprint density at radius 3 is 2.64 bits per heavy atom. The van der Waals surface area contributed by atoms with E-state index in [1.54, 1.807) is 0 Å². The minimum atomic E-state index is 0.281. The van der Waals surface area contributed by atoms with Gasteiger partial charge in [-0.25, -0.2) is 0 Å². The van der Waals surface area contributed by atoms with Crippen molar-refractivity contribution in [2.24, 2.45) is 17.8 Å². The molecule has 1 heterocycles. The lowest BCUT2D eigenvalue weighted by Gasteiger charge is -2.18. The van der Waals surface area contributed by atoms with Crippen molar-refractivity contribution < 1.29 is 4.79 Å². The highest BCUT2D eigenvalue weighted by atomic mass is 16.2. The molecule has 2 fully saturated rings. The van der Waals surface area contributed by atoms with Crippen LogP contribution in [0.15, 0.2) is 0 Å². The first-order valence-corrected chi connectivity index (χ1v) is 5.96. The van der Waals surface area contributed by atoms with Crippen molar-refractivity contribution in [2.45, 2.75) is 52.0 Å². The first-order valence-electron chi connectivity index (χ1n) is 5.96. The van der Waals surface area contributed by atoms with Gasteiger partial charge in [0.05, 0.1) is 0 Å². The summed E-state index contributed by atoms with van der Waals surface area (Å²) in [7, 11) is 0. The summed E-state index contributed by atoms with van der Waals surface area (Å²) < 4.78 is 0. The molecule has 1 N–H and O–H groups in total. The Labute approximate surface area is 86.5 Å². The molecule has 3 atom stereocenters. The van der Waals surface area contributed by atoms with Crippen LogP contribution in [0, 0.1) is 17.8 Å². The van der Waals surface area contributed by atoms with E-state index in [1.807, 2.05) is 0 Å². The summed E-state index contributed by atoms with van der Waals surface area (Å²) >= 11 is 0. The molecule has 2 heteroatoms. The fraction of sp³-hybridized carbons (Fsp3) is 0.917. The highest BCUT2D eigenvalue weighted by Crippen LogP contribution is 2.35. The van der Waals surface area contributed by atoms with Crippen LogP contribution in [0.4, 0.5) is 0 Å². The van der Waals surface area contributed by atoms with Gasteiger partial charge >= 0.3 is 0 Å². The van der Waals surface area contributed by atoms with Crippen molar-refractivity contribution >= 4 is 5.91 Å². The van der Waals surface area contributed by atoms with Crippen LogP contribution in [0.3, 0.4) is 0 Å². The van der Waals surface area contributed by atoms with Crippen LogP contribution in [0.1, 0.15) is 46.0 Å². The fourth-order valence-corrected chi connectivity index (χ4v) is 3.01. The lowest BCUT2D eigenvalue weighted by atomic mass is 9.88. The standard InChI is InChI=1S/C12H21NO/c1-8(2)9-3-4-10-7-12(14)13-11(10)6-5-9/h8-11H,3-7H2,1-2H3,(H,13,14). The molecule has 0 aromatic carbocycles. The van der Waals surface area contributed by atoms with E-state index in [0.717, 1.165) is 18.3 Å². The van der Waals surface area contributed by atoms with Gasteiger partial charge in [-0.05, 0) is 43.4 Å². The third kappa shape index (κ3) is 1.94. The first kappa shape index (κ1) is 10.0. The summed E-state index contributed by atoms with van der Waals surface area (Å²) in [5, 5.41) is 3.12. The number of hydrogen-bond acceptors (Lipinski definition) is 1. The Morgan fingerprint density at radius 1 is 1.21 bits per heavy atom. The molecule has 1 amide bonds. The molecule has 14 heavy (non-hydrogen) atoms. The third-order valence-electron chi connectivity index (χ3n) is 4.06. The lowest BCUT2D eigenvalue weighted by molar-refractivity contribution is -0.119. The Balaban J connectivity index is 1.95. The van der Waals surface area contributed by atoms with Crippen molar-refractivity contribution in [3.05, 3.63) is 0 Å². The van der Waals surface area contributed by atoms with Crippen LogP contribution in [0.2, 0.25) is 0 Å². The van der Waals surface area contributed by atoms with E-state index in [4.69, 9.17) is 0 Å². The Bertz CT molecular complexity index is 206. The maximum Gasteiger partial charge on any atom is 0.220 e. The zero-order valence-electron chi connectivity index (χ0n) is 9.25. The molecule has 80 valence electrons. The zero-order chi connectivity index (χ0) is 10.1. The average molecular weight is 195 g/mol. The van der Waals surface area contributed by atoms with Crippen molar-refractivity contribution in [2.75, 3.05) is 0 Å². The molecule has 1 saturated carbocycles. The summed E-state index contributed by atoms with van der Waals surface area (Å²) in [4.78, 5) is 11.2. The maximum atomic E-state index is 11.2. The number of carbonyl (C=O) groups is 1. The maximum absolute atomic E-state index is 11.2. The second kappa shape index (κ2) is 3.92. The van der Waals surface area contributed by atoms with Crippen LogP contribution in [0.25, 0.3) is 0 Å². The second-order valence-electron chi connectivity index (χ2n) is 5.30. The normalized spacial score (nSPS) is 37.9. The van der Waals surface area contributed by atoms with Crippen LogP contribution in [0.5, 0.6) is 0 Å². The molecular weight excluding hydrogens is 174 g/mol. The summed E-state index contributed by atoms with van der Waals surface area (Å²) in [5.74, 6) is 2.62. The van der Waals surface area contributed by atoms with Crippen molar-refractivity contribution in [3.8, 4) is 0 Å². The Hall–Kier alpha value is -0.530. The molecule has 2 aliphatic rings. The van der Waals surface area contributed by atoms with Crippen molar-refractivity contribution in [3.63, 3.8) is 0 Å². The van der Waals surface area contributed by atoms with Crippen molar-refractivity contribution in [1.82, 2.24) is 5.32 Å². The average Bonchev–Trinajstić information content (AvgIpc) is 2.34. The molecule has 2 rings (SSSR count). The summed E-state index contributed by atoms with van der Waals surface area (Å²) in [6.07, 6.45) is 5.88. The third-order valence-corrected chi connectivity index (χ3v) is 4.06. The molecular formula is C12H21NO. The van der Waals surface area contributed by atoms with E-state index in [9.17, 15) is 4.79 Å². The van der Waals surface area contributed by atoms with Gasteiger partial charge in [-0.2, -0.15) is 0 Å². The zero-order valence-corrected chi connectivity index (χ0v) is 9.25. The molecule has 1 aliphatic carbocycles. The molecule has 3 unspecified atom stereocenters. The van der Waals surface area contributed by atoms with E-state index in [2.05, 4.69) is 19.2 Å². The highest BCUT2D eigenvalue weighted by Gasteiger charge is 2.35. The van der Waals surface area contributed by atoms with Gasteiger partial charge in [0.15, 0.2) is 0 Å². The second-order valence-corrected chi connectivity index (χ2v) is 5.30. The quantitative estimate of drug-likeness (QED) is 0.683. The summed E-state index contributed by atoms with van der Waals surface area (Å²) in [6.45, 7) is 4.65. The number of carbonyl (C=O) groups excluding carboxylic acids is 1. The molecule has 1 aliphatic heterocycles. The monoisotopic (exact) mass is 195 g/mol. The van der Waals surface area contributed by atoms with Gasteiger partial charge in [-0.1, -0.05) is 13.8 Å². The molecule has 1 saturated heterocycles. The summed E-state index contributed by atoms with van der Waals surface area (Å²) in [6, 6.07) is 0.506. The Kier molecular flexibility index (Phi) is 2.80. The van der Waals surface area contributed by atoms with Gasteiger partial charge in [0.1, 0.15) is 0 Å². The van der Waals surface area contributed by atoms with E-state index < -0.39 is 0 Å². The minimum absolute atomic E-state index is 0.281. The summed E-state index contributed by atoms with van der Waals surface area (Å²) in [5.41, 5.74) is 0.